The number of carbonyl (C=O) groups is 1. The summed E-state index contributed by atoms with van der Waals surface area (Å²) in [4.78, 5) is 16.4. The summed E-state index contributed by atoms with van der Waals surface area (Å²) in [6.45, 7) is 2.66. The summed E-state index contributed by atoms with van der Waals surface area (Å²) in [6, 6.07) is 17.3. The summed E-state index contributed by atoms with van der Waals surface area (Å²) in [6.07, 6.45) is 4.84. The van der Waals surface area contributed by atoms with E-state index in [1.165, 1.54) is 0 Å². The molecular formula is C23H23ClN2O2S. The molecule has 0 saturated heterocycles. The van der Waals surface area contributed by atoms with Gasteiger partial charge >= 0.3 is 5.97 Å². The van der Waals surface area contributed by atoms with Crippen molar-refractivity contribution in [3.63, 3.8) is 0 Å². The molecule has 2 aromatic carbocycles. The van der Waals surface area contributed by atoms with E-state index in [-0.39, 0.29) is 0 Å². The fourth-order valence-electron chi connectivity index (χ4n) is 2.93. The predicted octanol–water partition coefficient (Wildman–Crippen LogP) is 5.80. The minimum Gasteiger partial charge on any atom is -0.478 e. The minimum atomic E-state index is -0.929. The average Bonchev–Trinajstić information content (AvgIpc) is 3.09. The van der Waals surface area contributed by atoms with Crippen molar-refractivity contribution >= 4 is 35.4 Å². The maximum Gasteiger partial charge on any atom is 0.331 e. The molecule has 0 amide bonds. The second kappa shape index (κ2) is 10.3. The van der Waals surface area contributed by atoms with Gasteiger partial charge in [-0.25, -0.2) is 9.78 Å². The Balaban J connectivity index is 1.98. The Labute approximate surface area is 180 Å². The number of carboxylic acids is 1. The smallest absolute Gasteiger partial charge is 0.331 e. The van der Waals surface area contributed by atoms with E-state index in [1.54, 1.807) is 24.0 Å². The van der Waals surface area contributed by atoms with Gasteiger partial charge in [-0.1, -0.05) is 78.8 Å². The van der Waals surface area contributed by atoms with E-state index >= 15 is 0 Å². The monoisotopic (exact) mass is 426 g/mol. The van der Waals surface area contributed by atoms with E-state index in [2.05, 4.69) is 11.9 Å². The van der Waals surface area contributed by atoms with E-state index in [9.17, 15) is 9.90 Å². The highest BCUT2D eigenvalue weighted by atomic mass is 35.5. The van der Waals surface area contributed by atoms with Gasteiger partial charge < -0.3 is 9.67 Å². The van der Waals surface area contributed by atoms with Crippen LogP contribution in [0, 0.1) is 0 Å². The van der Waals surface area contributed by atoms with Crippen molar-refractivity contribution in [1.29, 1.82) is 0 Å². The second-order valence-corrected chi connectivity index (χ2v) is 8.10. The number of aliphatic carboxylic acids is 1. The van der Waals surface area contributed by atoms with Gasteiger partial charge in [-0.05, 0) is 29.7 Å². The maximum atomic E-state index is 11.9. The molecule has 0 spiro atoms. The summed E-state index contributed by atoms with van der Waals surface area (Å²) >= 11 is 8.03. The first kappa shape index (κ1) is 21.2. The highest BCUT2D eigenvalue weighted by Crippen LogP contribution is 2.25. The number of thioether (sulfide) groups is 1. The SMILES string of the molecule is CCCSc1ncc(/C=C(\Cc2ccccc2)C(=O)O)n1Cc1ccccc1Cl. The molecule has 0 radical (unpaired) electrons. The molecule has 6 heteroatoms. The molecule has 0 atom stereocenters. The van der Waals surface area contributed by atoms with Crippen molar-refractivity contribution in [2.75, 3.05) is 5.75 Å². The molecule has 3 aromatic rings. The van der Waals surface area contributed by atoms with E-state index in [0.717, 1.165) is 34.2 Å². The Hall–Kier alpha value is -2.50. The predicted molar refractivity (Wildman–Crippen MR) is 120 cm³/mol. The van der Waals surface area contributed by atoms with E-state index in [0.29, 0.717) is 23.6 Å². The minimum absolute atomic E-state index is 0.323. The molecule has 0 saturated carbocycles. The zero-order valence-electron chi connectivity index (χ0n) is 16.2. The van der Waals surface area contributed by atoms with Crippen LogP contribution >= 0.6 is 23.4 Å². The molecule has 0 aliphatic heterocycles. The van der Waals surface area contributed by atoms with Crippen LogP contribution in [0.25, 0.3) is 6.08 Å². The van der Waals surface area contributed by atoms with E-state index < -0.39 is 5.97 Å². The van der Waals surface area contributed by atoms with Gasteiger partial charge in [0.05, 0.1) is 18.4 Å². The molecule has 1 N–H and O–H groups in total. The Morgan fingerprint density at radius 3 is 2.59 bits per heavy atom. The number of nitrogens with zero attached hydrogens (tertiary/aromatic N) is 2. The largest absolute Gasteiger partial charge is 0.478 e. The highest BCUT2D eigenvalue weighted by Gasteiger charge is 2.15. The lowest BCUT2D eigenvalue weighted by Crippen LogP contribution is -2.08. The number of hydrogen-bond donors (Lipinski definition) is 1. The van der Waals surface area contributed by atoms with Crippen LogP contribution in [-0.4, -0.2) is 26.4 Å². The number of rotatable bonds is 9. The Kier molecular flexibility index (Phi) is 7.55. The molecule has 1 aromatic heterocycles. The van der Waals surface area contributed by atoms with Crippen molar-refractivity contribution in [3.05, 3.63) is 88.2 Å². The highest BCUT2D eigenvalue weighted by molar-refractivity contribution is 7.99. The summed E-state index contributed by atoms with van der Waals surface area (Å²) < 4.78 is 2.04. The van der Waals surface area contributed by atoms with Crippen molar-refractivity contribution < 1.29 is 9.90 Å². The number of carboxylic acid groups (broad SMARTS) is 1. The molecule has 0 aliphatic rings. The lowest BCUT2D eigenvalue weighted by molar-refractivity contribution is -0.132. The quantitative estimate of drug-likeness (QED) is 0.347. The van der Waals surface area contributed by atoms with Gasteiger partial charge in [-0.3, -0.25) is 0 Å². The van der Waals surface area contributed by atoms with Crippen LogP contribution in [-0.2, 0) is 17.8 Å². The van der Waals surface area contributed by atoms with Gasteiger partial charge in [0.1, 0.15) is 0 Å². The number of aromatic nitrogens is 2. The van der Waals surface area contributed by atoms with Crippen LogP contribution in [0.3, 0.4) is 0 Å². The maximum absolute atomic E-state index is 11.9. The molecular weight excluding hydrogens is 404 g/mol. The molecule has 0 bridgehead atoms. The van der Waals surface area contributed by atoms with E-state index in [1.807, 2.05) is 59.2 Å². The van der Waals surface area contributed by atoms with Crippen LogP contribution in [0.1, 0.15) is 30.2 Å². The van der Waals surface area contributed by atoms with Crippen molar-refractivity contribution in [2.45, 2.75) is 31.5 Å². The van der Waals surface area contributed by atoms with Crippen LogP contribution in [0.5, 0.6) is 0 Å². The molecule has 1 heterocycles. The normalized spacial score (nSPS) is 11.6. The topological polar surface area (TPSA) is 55.1 Å². The fourth-order valence-corrected chi connectivity index (χ4v) is 3.97. The van der Waals surface area contributed by atoms with Crippen molar-refractivity contribution in [1.82, 2.24) is 9.55 Å². The standard InChI is InChI=1S/C23H23ClN2O2S/c1-2-12-29-23-25-15-20(26(23)16-18-10-6-7-11-21(18)24)14-19(22(27)28)13-17-8-4-3-5-9-17/h3-11,14-15H,2,12-13,16H2,1H3,(H,27,28)/b19-14+. The molecule has 3 rings (SSSR count). The number of benzene rings is 2. The molecule has 0 fully saturated rings. The van der Waals surface area contributed by atoms with Gasteiger partial charge in [0.2, 0.25) is 0 Å². The first-order valence-electron chi connectivity index (χ1n) is 9.48. The lowest BCUT2D eigenvalue weighted by Gasteiger charge is -2.12. The second-order valence-electron chi connectivity index (χ2n) is 6.63. The fraction of sp³-hybridized carbons (Fsp3) is 0.217. The van der Waals surface area contributed by atoms with Gasteiger partial charge in [0.25, 0.3) is 0 Å². The molecule has 0 unspecified atom stereocenters. The van der Waals surface area contributed by atoms with E-state index in [4.69, 9.17) is 11.6 Å². The first-order valence-corrected chi connectivity index (χ1v) is 10.8. The van der Waals surface area contributed by atoms with Crippen molar-refractivity contribution in [3.8, 4) is 0 Å². The average molecular weight is 427 g/mol. The summed E-state index contributed by atoms with van der Waals surface area (Å²) in [7, 11) is 0. The Bertz CT molecular complexity index is 999. The summed E-state index contributed by atoms with van der Waals surface area (Å²) in [5, 5.41) is 11.3. The molecule has 0 aliphatic carbocycles. The van der Waals surface area contributed by atoms with Gasteiger partial charge in [-0.2, -0.15) is 0 Å². The third-order valence-corrected chi connectivity index (χ3v) is 5.97. The zero-order valence-corrected chi connectivity index (χ0v) is 17.8. The van der Waals surface area contributed by atoms with Gasteiger partial charge in [0.15, 0.2) is 5.16 Å². The van der Waals surface area contributed by atoms with Crippen LogP contribution < -0.4 is 0 Å². The van der Waals surface area contributed by atoms with Crippen LogP contribution in [0.2, 0.25) is 5.02 Å². The number of imidazole rings is 1. The summed E-state index contributed by atoms with van der Waals surface area (Å²) in [5.74, 6) is 0.0143. The molecule has 29 heavy (non-hydrogen) atoms. The van der Waals surface area contributed by atoms with Gasteiger partial charge in [0, 0.05) is 22.8 Å². The van der Waals surface area contributed by atoms with Crippen molar-refractivity contribution in [2.24, 2.45) is 0 Å². The number of halogens is 1. The van der Waals surface area contributed by atoms with Crippen LogP contribution in [0.15, 0.2) is 71.5 Å². The zero-order chi connectivity index (χ0) is 20.6. The first-order chi connectivity index (χ1) is 14.1. The third kappa shape index (κ3) is 5.75. The van der Waals surface area contributed by atoms with Gasteiger partial charge in [-0.15, -0.1) is 0 Å². The Morgan fingerprint density at radius 2 is 1.90 bits per heavy atom. The summed E-state index contributed by atoms with van der Waals surface area (Å²) in [5.41, 5.74) is 3.01. The molecule has 4 nitrogen and oxygen atoms in total. The number of hydrogen-bond acceptors (Lipinski definition) is 3. The molecule has 150 valence electrons. The van der Waals surface area contributed by atoms with Crippen LogP contribution in [0.4, 0.5) is 0 Å². The Morgan fingerprint density at radius 1 is 1.17 bits per heavy atom. The lowest BCUT2D eigenvalue weighted by atomic mass is 10.0. The third-order valence-electron chi connectivity index (χ3n) is 4.41.